The standard InChI is InChI=1S/C24H18F2N2O3S/c1-30-16-7-4-6-15(12-16)27-23(29)21-14-32-24(28-21)17-8-2-3-11-22(17)31-13-18-19(25)9-5-10-20(18)26/h2-12,14H,13H2,1H3,(H,27,29). The zero-order valence-electron chi connectivity index (χ0n) is 17.0. The third-order valence-corrected chi connectivity index (χ3v) is 5.49. The Bertz CT molecular complexity index is 1240. The third kappa shape index (κ3) is 4.76. The molecule has 1 N–H and O–H groups in total. The number of amides is 1. The number of para-hydroxylation sites is 1. The van der Waals surface area contributed by atoms with E-state index < -0.39 is 11.6 Å². The zero-order chi connectivity index (χ0) is 22.5. The molecule has 1 amide bonds. The minimum absolute atomic E-state index is 0.153. The largest absolute Gasteiger partial charge is 0.497 e. The first-order valence-electron chi connectivity index (χ1n) is 9.61. The molecule has 0 spiro atoms. The van der Waals surface area contributed by atoms with Gasteiger partial charge in [-0.3, -0.25) is 4.79 Å². The van der Waals surface area contributed by atoms with E-state index in [1.165, 1.54) is 29.5 Å². The van der Waals surface area contributed by atoms with Crippen molar-refractivity contribution in [2.75, 3.05) is 12.4 Å². The number of hydrogen-bond acceptors (Lipinski definition) is 5. The molecule has 32 heavy (non-hydrogen) atoms. The predicted molar refractivity (Wildman–Crippen MR) is 119 cm³/mol. The molecule has 0 fully saturated rings. The Morgan fingerprint density at radius 2 is 1.78 bits per heavy atom. The van der Waals surface area contributed by atoms with Crippen molar-refractivity contribution < 1.29 is 23.0 Å². The minimum Gasteiger partial charge on any atom is -0.497 e. The first kappa shape index (κ1) is 21.5. The Hall–Kier alpha value is -3.78. The fourth-order valence-corrected chi connectivity index (χ4v) is 3.82. The Morgan fingerprint density at radius 3 is 2.56 bits per heavy atom. The van der Waals surface area contributed by atoms with Gasteiger partial charge in [-0.05, 0) is 36.4 Å². The van der Waals surface area contributed by atoms with Crippen LogP contribution in [0.4, 0.5) is 14.5 Å². The van der Waals surface area contributed by atoms with E-state index in [-0.39, 0.29) is 23.8 Å². The number of thiazole rings is 1. The van der Waals surface area contributed by atoms with Crippen LogP contribution in [0.3, 0.4) is 0 Å². The maximum Gasteiger partial charge on any atom is 0.275 e. The number of benzene rings is 3. The molecule has 0 bridgehead atoms. The van der Waals surface area contributed by atoms with Crippen LogP contribution in [0.25, 0.3) is 10.6 Å². The van der Waals surface area contributed by atoms with Crippen LogP contribution in [-0.4, -0.2) is 18.0 Å². The number of ether oxygens (including phenoxy) is 2. The molecule has 5 nitrogen and oxygen atoms in total. The Morgan fingerprint density at radius 1 is 1.03 bits per heavy atom. The number of anilines is 1. The lowest BCUT2D eigenvalue weighted by molar-refractivity contribution is 0.102. The first-order valence-corrected chi connectivity index (χ1v) is 10.5. The highest BCUT2D eigenvalue weighted by molar-refractivity contribution is 7.13. The molecule has 1 aromatic heterocycles. The molecule has 0 saturated carbocycles. The zero-order valence-corrected chi connectivity index (χ0v) is 17.8. The van der Waals surface area contributed by atoms with Crippen molar-refractivity contribution in [1.82, 2.24) is 4.98 Å². The highest BCUT2D eigenvalue weighted by Gasteiger charge is 2.16. The summed E-state index contributed by atoms with van der Waals surface area (Å²) in [6.07, 6.45) is 0. The average molecular weight is 452 g/mol. The number of aromatic nitrogens is 1. The van der Waals surface area contributed by atoms with Crippen LogP contribution >= 0.6 is 11.3 Å². The van der Waals surface area contributed by atoms with Gasteiger partial charge in [-0.1, -0.05) is 24.3 Å². The van der Waals surface area contributed by atoms with Gasteiger partial charge in [0.25, 0.3) is 5.91 Å². The molecule has 4 aromatic rings. The van der Waals surface area contributed by atoms with Gasteiger partial charge < -0.3 is 14.8 Å². The van der Waals surface area contributed by atoms with Crippen LogP contribution in [0.2, 0.25) is 0 Å². The number of nitrogens with one attached hydrogen (secondary N) is 1. The molecule has 0 aliphatic heterocycles. The first-order chi connectivity index (χ1) is 15.5. The average Bonchev–Trinajstić information content (AvgIpc) is 3.29. The highest BCUT2D eigenvalue weighted by atomic mass is 32.1. The molecule has 0 aliphatic rings. The number of hydrogen-bond donors (Lipinski definition) is 1. The lowest BCUT2D eigenvalue weighted by atomic mass is 10.2. The molecule has 0 atom stereocenters. The number of carbonyl (C=O) groups is 1. The fraction of sp³-hybridized carbons (Fsp3) is 0.0833. The van der Waals surface area contributed by atoms with Crippen molar-refractivity contribution >= 4 is 22.9 Å². The van der Waals surface area contributed by atoms with E-state index in [1.54, 1.807) is 61.0 Å². The second kappa shape index (κ2) is 9.57. The Labute approximate surface area is 187 Å². The van der Waals surface area contributed by atoms with Gasteiger partial charge in [-0.2, -0.15) is 0 Å². The van der Waals surface area contributed by atoms with E-state index in [0.717, 1.165) is 0 Å². The van der Waals surface area contributed by atoms with Crippen molar-refractivity contribution in [2.45, 2.75) is 6.61 Å². The minimum atomic E-state index is -0.673. The number of rotatable bonds is 7. The summed E-state index contributed by atoms with van der Waals surface area (Å²) in [6, 6.07) is 17.7. The maximum atomic E-state index is 13.9. The summed E-state index contributed by atoms with van der Waals surface area (Å²) < 4.78 is 38.7. The molecule has 3 aromatic carbocycles. The summed E-state index contributed by atoms with van der Waals surface area (Å²) in [7, 11) is 1.55. The third-order valence-electron chi connectivity index (χ3n) is 4.62. The monoisotopic (exact) mass is 452 g/mol. The molecular weight excluding hydrogens is 434 g/mol. The van der Waals surface area contributed by atoms with Crippen molar-refractivity contribution in [1.29, 1.82) is 0 Å². The summed E-state index contributed by atoms with van der Waals surface area (Å²) in [5.74, 6) is -0.683. The van der Waals surface area contributed by atoms with Crippen LogP contribution in [0, 0.1) is 11.6 Å². The lowest BCUT2D eigenvalue weighted by Crippen LogP contribution is -2.12. The van der Waals surface area contributed by atoms with Crippen LogP contribution in [0.5, 0.6) is 11.5 Å². The van der Waals surface area contributed by atoms with E-state index in [4.69, 9.17) is 9.47 Å². The van der Waals surface area contributed by atoms with Crippen molar-refractivity contribution in [3.63, 3.8) is 0 Å². The second-order valence-corrected chi connectivity index (χ2v) is 7.57. The molecule has 4 rings (SSSR count). The summed E-state index contributed by atoms with van der Waals surface area (Å²) in [5.41, 5.74) is 1.29. The van der Waals surface area contributed by atoms with Gasteiger partial charge in [-0.15, -0.1) is 11.3 Å². The predicted octanol–water partition coefficient (Wildman–Crippen LogP) is 5.93. The number of carbonyl (C=O) groups excluding carboxylic acids is 1. The normalized spacial score (nSPS) is 10.6. The van der Waals surface area contributed by atoms with Gasteiger partial charge in [0.2, 0.25) is 0 Å². The van der Waals surface area contributed by atoms with Crippen LogP contribution < -0.4 is 14.8 Å². The van der Waals surface area contributed by atoms with Gasteiger partial charge in [0.05, 0.1) is 18.2 Å². The number of nitrogens with zero attached hydrogens (tertiary/aromatic N) is 1. The summed E-state index contributed by atoms with van der Waals surface area (Å²) in [5, 5.41) is 4.97. The number of halogens is 2. The number of methoxy groups -OCH3 is 1. The van der Waals surface area contributed by atoms with E-state index in [1.807, 2.05) is 0 Å². The molecule has 0 aliphatic carbocycles. The molecule has 8 heteroatoms. The van der Waals surface area contributed by atoms with Gasteiger partial charge in [0.15, 0.2) is 0 Å². The van der Waals surface area contributed by atoms with Crippen LogP contribution in [0.1, 0.15) is 16.1 Å². The summed E-state index contributed by atoms with van der Waals surface area (Å²) in [4.78, 5) is 17.0. The van der Waals surface area contributed by atoms with Crippen LogP contribution in [0.15, 0.2) is 72.1 Å². The summed E-state index contributed by atoms with van der Waals surface area (Å²) >= 11 is 1.27. The van der Waals surface area contributed by atoms with Crippen molar-refractivity contribution in [3.8, 4) is 22.1 Å². The van der Waals surface area contributed by atoms with E-state index in [2.05, 4.69) is 10.3 Å². The topological polar surface area (TPSA) is 60.5 Å². The fourth-order valence-electron chi connectivity index (χ4n) is 2.99. The molecule has 0 radical (unpaired) electrons. The second-order valence-electron chi connectivity index (χ2n) is 6.71. The van der Waals surface area contributed by atoms with Gasteiger partial charge in [-0.25, -0.2) is 13.8 Å². The molecule has 1 heterocycles. The maximum absolute atomic E-state index is 13.9. The van der Waals surface area contributed by atoms with E-state index in [9.17, 15) is 13.6 Å². The molecular formula is C24H18F2N2O3S. The SMILES string of the molecule is COc1cccc(NC(=O)c2csc(-c3ccccc3OCc3c(F)cccc3F)n2)c1. The van der Waals surface area contributed by atoms with E-state index in [0.29, 0.717) is 27.8 Å². The van der Waals surface area contributed by atoms with Gasteiger partial charge in [0.1, 0.15) is 40.4 Å². The van der Waals surface area contributed by atoms with E-state index >= 15 is 0 Å². The Kier molecular flexibility index (Phi) is 6.42. The van der Waals surface area contributed by atoms with Crippen molar-refractivity contribution in [2.24, 2.45) is 0 Å². The quantitative estimate of drug-likeness (QED) is 0.378. The molecule has 0 saturated heterocycles. The molecule has 162 valence electrons. The smallest absolute Gasteiger partial charge is 0.275 e. The lowest BCUT2D eigenvalue weighted by Gasteiger charge is -2.11. The summed E-state index contributed by atoms with van der Waals surface area (Å²) in [6.45, 7) is -0.274. The Balaban J connectivity index is 1.52. The van der Waals surface area contributed by atoms with Crippen molar-refractivity contribution in [3.05, 3.63) is 95.0 Å². The van der Waals surface area contributed by atoms with Gasteiger partial charge in [0, 0.05) is 17.1 Å². The highest BCUT2D eigenvalue weighted by Crippen LogP contribution is 2.33. The van der Waals surface area contributed by atoms with Crippen LogP contribution in [-0.2, 0) is 6.61 Å². The molecule has 0 unspecified atom stereocenters. The van der Waals surface area contributed by atoms with Gasteiger partial charge >= 0.3 is 0 Å².